The van der Waals surface area contributed by atoms with Crippen LogP contribution in [0.5, 0.6) is 5.75 Å². The molecule has 1 aromatic rings. The number of para-hydroxylation sites is 1. The van der Waals surface area contributed by atoms with Gasteiger partial charge in [0, 0.05) is 5.56 Å². The van der Waals surface area contributed by atoms with E-state index in [9.17, 15) is 4.79 Å². The summed E-state index contributed by atoms with van der Waals surface area (Å²) < 4.78 is 11.7. The minimum Gasteiger partial charge on any atom is -0.491 e. The van der Waals surface area contributed by atoms with Gasteiger partial charge in [0.25, 0.3) is 0 Å². The molecule has 0 amide bonds. The second-order valence-electron chi connectivity index (χ2n) is 6.64. The number of carboxylic acid groups (broad SMARTS) is 1. The van der Waals surface area contributed by atoms with Crippen molar-refractivity contribution < 1.29 is 19.1 Å². The van der Waals surface area contributed by atoms with E-state index >= 15 is 0 Å². The Bertz CT molecular complexity index is 477. The molecular weight excluding hydrogens is 284 g/mol. The number of ether oxygens (including phenoxy) is 1. The first-order chi connectivity index (χ1) is 9.63. The summed E-state index contributed by atoms with van der Waals surface area (Å²) in [6.45, 7) is 11.9. The fourth-order valence-corrected chi connectivity index (χ4v) is 2.65. The third-order valence-electron chi connectivity index (χ3n) is 3.92. The molecule has 0 bridgehead atoms. The quantitative estimate of drug-likeness (QED) is 0.616. The predicted molar refractivity (Wildman–Crippen MR) is 86.4 cm³/mol. The van der Waals surface area contributed by atoms with Crippen LogP contribution in [0.25, 0.3) is 0 Å². The molecular formula is C16H26O4Si. The van der Waals surface area contributed by atoms with E-state index < -0.39 is 14.3 Å². The SMILES string of the molecule is CC(C)(C)[Si](C)(C)OCCOc1ccccc1CC(=O)O. The first kappa shape index (κ1) is 17.7. The standard InChI is InChI=1S/C16H26O4Si/c1-16(2,3)21(4,5)20-11-10-19-14-9-7-6-8-13(14)12-15(17)18/h6-9H,10-12H2,1-5H3,(H,17,18). The van der Waals surface area contributed by atoms with Crippen LogP contribution in [-0.2, 0) is 15.6 Å². The molecule has 0 fully saturated rings. The van der Waals surface area contributed by atoms with E-state index in [0.29, 0.717) is 24.5 Å². The van der Waals surface area contributed by atoms with Crippen molar-refractivity contribution >= 4 is 14.3 Å². The molecule has 5 heteroatoms. The van der Waals surface area contributed by atoms with Crippen LogP contribution in [0, 0.1) is 0 Å². The topological polar surface area (TPSA) is 55.8 Å². The zero-order valence-electron chi connectivity index (χ0n) is 13.6. The summed E-state index contributed by atoms with van der Waals surface area (Å²) in [6.07, 6.45) is -0.0285. The Hall–Kier alpha value is -1.33. The Balaban J connectivity index is 2.52. The monoisotopic (exact) mass is 310 g/mol. The van der Waals surface area contributed by atoms with E-state index in [-0.39, 0.29) is 11.5 Å². The maximum Gasteiger partial charge on any atom is 0.307 e. The number of rotatable bonds is 7. The molecule has 0 atom stereocenters. The van der Waals surface area contributed by atoms with Crippen LogP contribution in [0.1, 0.15) is 26.3 Å². The molecule has 0 aliphatic rings. The van der Waals surface area contributed by atoms with Gasteiger partial charge in [0.1, 0.15) is 12.4 Å². The summed E-state index contributed by atoms with van der Waals surface area (Å²) in [5.41, 5.74) is 0.692. The van der Waals surface area contributed by atoms with Gasteiger partial charge in [0.15, 0.2) is 8.32 Å². The molecule has 4 nitrogen and oxygen atoms in total. The second-order valence-corrected chi connectivity index (χ2v) is 11.4. The smallest absolute Gasteiger partial charge is 0.307 e. The fourth-order valence-electron chi connectivity index (χ4n) is 1.62. The second kappa shape index (κ2) is 7.09. The van der Waals surface area contributed by atoms with Crippen LogP contribution in [0.4, 0.5) is 0 Å². The van der Waals surface area contributed by atoms with Crippen molar-refractivity contribution in [3.05, 3.63) is 29.8 Å². The summed E-state index contributed by atoms with van der Waals surface area (Å²) in [4.78, 5) is 10.8. The molecule has 0 aliphatic heterocycles. The summed E-state index contributed by atoms with van der Waals surface area (Å²) in [7, 11) is -1.76. The van der Waals surface area contributed by atoms with Crippen LogP contribution in [0.2, 0.25) is 18.1 Å². The third kappa shape index (κ3) is 5.51. The van der Waals surface area contributed by atoms with E-state index in [4.69, 9.17) is 14.3 Å². The Morgan fingerprint density at radius 2 is 1.81 bits per heavy atom. The van der Waals surface area contributed by atoms with E-state index in [2.05, 4.69) is 33.9 Å². The number of hydrogen-bond acceptors (Lipinski definition) is 3. The van der Waals surface area contributed by atoms with Gasteiger partial charge >= 0.3 is 5.97 Å². The molecule has 0 aromatic heterocycles. The lowest BCUT2D eigenvalue weighted by Crippen LogP contribution is -2.41. The molecule has 1 N–H and O–H groups in total. The summed E-state index contributed by atoms with van der Waals surface area (Å²) >= 11 is 0. The maximum atomic E-state index is 10.8. The Labute approximate surface area is 128 Å². The normalized spacial score (nSPS) is 12.2. The Kier molecular flexibility index (Phi) is 5.98. The predicted octanol–water partition coefficient (Wildman–Crippen LogP) is 3.71. The zero-order valence-corrected chi connectivity index (χ0v) is 14.6. The van der Waals surface area contributed by atoms with Crippen LogP contribution in [-0.4, -0.2) is 32.6 Å². The number of carboxylic acids is 1. The van der Waals surface area contributed by atoms with Gasteiger partial charge in [-0.25, -0.2) is 0 Å². The lowest BCUT2D eigenvalue weighted by Gasteiger charge is -2.36. The lowest BCUT2D eigenvalue weighted by atomic mass is 10.1. The number of aliphatic carboxylic acids is 1. The molecule has 21 heavy (non-hydrogen) atoms. The highest BCUT2D eigenvalue weighted by Gasteiger charge is 2.36. The number of carbonyl (C=O) groups is 1. The average Bonchev–Trinajstić information content (AvgIpc) is 2.34. The molecule has 1 aromatic carbocycles. The molecule has 0 saturated carbocycles. The highest BCUT2D eigenvalue weighted by Crippen LogP contribution is 2.36. The molecule has 0 radical (unpaired) electrons. The molecule has 0 unspecified atom stereocenters. The lowest BCUT2D eigenvalue weighted by molar-refractivity contribution is -0.136. The van der Waals surface area contributed by atoms with Crippen molar-refractivity contribution in [2.24, 2.45) is 0 Å². The highest BCUT2D eigenvalue weighted by molar-refractivity contribution is 6.74. The first-order valence-electron chi connectivity index (χ1n) is 7.20. The Morgan fingerprint density at radius 3 is 2.38 bits per heavy atom. The third-order valence-corrected chi connectivity index (χ3v) is 8.46. The van der Waals surface area contributed by atoms with E-state index in [1.807, 2.05) is 12.1 Å². The van der Waals surface area contributed by atoms with Gasteiger partial charge in [0.2, 0.25) is 0 Å². The summed E-state index contributed by atoms with van der Waals surface area (Å²) in [6, 6.07) is 7.23. The van der Waals surface area contributed by atoms with Crippen LogP contribution in [0.3, 0.4) is 0 Å². The van der Waals surface area contributed by atoms with Crippen molar-refractivity contribution in [3.63, 3.8) is 0 Å². The highest BCUT2D eigenvalue weighted by atomic mass is 28.4. The van der Waals surface area contributed by atoms with E-state index in [1.54, 1.807) is 12.1 Å². The largest absolute Gasteiger partial charge is 0.491 e. The fraction of sp³-hybridized carbons (Fsp3) is 0.562. The summed E-state index contributed by atoms with van der Waals surface area (Å²) in [5.74, 6) is -0.234. The molecule has 0 heterocycles. The van der Waals surface area contributed by atoms with Gasteiger partial charge in [-0.3, -0.25) is 4.79 Å². The maximum absolute atomic E-state index is 10.8. The van der Waals surface area contributed by atoms with E-state index in [0.717, 1.165) is 0 Å². The minimum absolute atomic E-state index is 0.0285. The molecule has 1 rings (SSSR count). The van der Waals surface area contributed by atoms with Gasteiger partial charge in [-0.2, -0.15) is 0 Å². The van der Waals surface area contributed by atoms with Crippen LogP contribution >= 0.6 is 0 Å². The van der Waals surface area contributed by atoms with E-state index in [1.165, 1.54) is 0 Å². The van der Waals surface area contributed by atoms with Crippen molar-refractivity contribution in [3.8, 4) is 5.75 Å². The number of hydrogen-bond donors (Lipinski definition) is 1. The van der Waals surface area contributed by atoms with Gasteiger partial charge in [-0.15, -0.1) is 0 Å². The molecule has 0 spiro atoms. The van der Waals surface area contributed by atoms with Crippen molar-refractivity contribution in [1.29, 1.82) is 0 Å². The molecule has 0 aliphatic carbocycles. The van der Waals surface area contributed by atoms with Crippen molar-refractivity contribution in [2.75, 3.05) is 13.2 Å². The summed E-state index contributed by atoms with van der Waals surface area (Å²) in [5, 5.41) is 9.06. The molecule has 0 saturated heterocycles. The zero-order chi connectivity index (χ0) is 16.1. The average molecular weight is 310 g/mol. The first-order valence-corrected chi connectivity index (χ1v) is 10.1. The molecule has 118 valence electrons. The minimum atomic E-state index is -1.76. The number of benzene rings is 1. The Morgan fingerprint density at radius 1 is 1.19 bits per heavy atom. The van der Waals surface area contributed by atoms with Crippen molar-refractivity contribution in [2.45, 2.75) is 45.3 Å². The van der Waals surface area contributed by atoms with Crippen LogP contribution < -0.4 is 4.74 Å². The van der Waals surface area contributed by atoms with Crippen LogP contribution in [0.15, 0.2) is 24.3 Å². The van der Waals surface area contributed by atoms with Gasteiger partial charge in [-0.1, -0.05) is 39.0 Å². The van der Waals surface area contributed by atoms with Gasteiger partial charge in [0.05, 0.1) is 13.0 Å². The van der Waals surface area contributed by atoms with Gasteiger partial charge < -0.3 is 14.3 Å². The van der Waals surface area contributed by atoms with Gasteiger partial charge in [-0.05, 0) is 24.2 Å². The van der Waals surface area contributed by atoms with Crippen molar-refractivity contribution in [1.82, 2.24) is 0 Å².